The fourth-order valence-corrected chi connectivity index (χ4v) is 1.83. The lowest BCUT2D eigenvalue weighted by atomic mass is 10.2. The number of anilines is 2. The molecule has 2 aromatic rings. The molecule has 0 radical (unpaired) electrons. The van der Waals surface area contributed by atoms with Gasteiger partial charge in [-0.25, -0.2) is 0 Å². The van der Waals surface area contributed by atoms with E-state index >= 15 is 0 Å². The first kappa shape index (κ1) is 13.7. The van der Waals surface area contributed by atoms with E-state index < -0.39 is 0 Å². The van der Waals surface area contributed by atoms with Crippen LogP contribution < -0.4 is 10.6 Å². The Morgan fingerprint density at radius 3 is 2.55 bits per heavy atom. The average Bonchev–Trinajstić information content (AvgIpc) is 2.46. The van der Waals surface area contributed by atoms with Crippen molar-refractivity contribution >= 4 is 17.3 Å². The number of carbonyl (C=O) groups excluding carboxylic acids is 1. The van der Waals surface area contributed by atoms with E-state index in [0.717, 1.165) is 22.5 Å². The fourth-order valence-electron chi connectivity index (χ4n) is 1.83. The third kappa shape index (κ3) is 3.89. The van der Waals surface area contributed by atoms with Gasteiger partial charge >= 0.3 is 0 Å². The Morgan fingerprint density at radius 1 is 1.15 bits per heavy atom. The topological polar surface area (TPSA) is 41.1 Å². The van der Waals surface area contributed by atoms with Crippen molar-refractivity contribution < 1.29 is 4.79 Å². The molecule has 0 spiro atoms. The Kier molecular flexibility index (Phi) is 4.41. The number of carbonyl (C=O) groups is 1. The van der Waals surface area contributed by atoms with Crippen molar-refractivity contribution in [3.8, 4) is 12.3 Å². The van der Waals surface area contributed by atoms with Crippen LogP contribution in [0.3, 0.4) is 0 Å². The van der Waals surface area contributed by atoms with Gasteiger partial charge in [-0.05, 0) is 35.9 Å². The third-order valence-corrected chi connectivity index (χ3v) is 2.80. The molecule has 0 atom stereocenters. The predicted octanol–water partition coefficient (Wildman–Crippen LogP) is 3.24. The molecule has 0 fully saturated rings. The molecule has 20 heavy (non-hydrogen) atoms. The van der Waals surface area contributed by atoms with Gasteiger partial charge in [-0.3, -0.25) is 4.79 Å². The summed E-state index contributed by atoms with van der Waals surface area (Å²) < 4.78 is 0. The van der Waals surface area contributed by atoms with Crippen LogP contribution in [0, 0.1) is 12.3 Å². The van der Waals surface area contributed by atoms with Crippen molar-refractivity contribution in [2.24, 2.45) is 0 Å². The van der Waals surface area contributed by atoms with Gasteiger partial charge in [0.05, 0.1) is 0 Å². The molecule has 100 valence electrons. The summed E-state index contributed by atoms with van der Waals surface area (Å²) in [4.78, 5) is 10.9. The quantitative estimate of drug-likeness (QED) is 0.832. The van der Waals surface area contributed by atoms with Gasteiger partial charge in [0.25, 0.3) is 0 Å². The van der Waals surface area contributed by atoms with Crippen LogP contribution in [0.4, 0.5) is 11.4 Å². The molecule has 0 aliphatic rings. The van der Waals surface area contributed by atoms with Crippen LogP contribution in [0.25, 0.3) is 0 Å². The molecule has 0 heterocycles. The number of hydrogen-bond donors (Lipinski definition) is 2. The van der Waals surface area contributed by atoms with E-state index in [0.29, 0.717) is 6.54 Å². The Bertz CT molecular complexity index is 639. The molecule has 0 aromatic heterocycles. The van der Waals surface area contributed by atoms with Crippen LogP contribution in [0.1, 0.15) is 18.1 Å². The zero-order chi connectivity index (χ0) is 14.4. The highest BCUT2D eigenvalue weighted by Gasteiger charge is 1.98. The number of rotatable bonds is 4. The van der Waals surface area contributed by atoms with Crippen molar-refractivity contribution in [3.05, 3.63) is 59.7 Å². The second-order valence-electron chi connectivity index (χ2n) is 4.46. The highest BCUT2D eigenvalue weighted by atomic mass is 16.1. The largest absolute Gasteiger partial charge is 0.381 e. The molecule has 2 N–H and O–H groups in total. The van der Waals surface area contributed by atoms with Crippen LogP contribution in [-0.2, 0) is 11.3 Å². The number of amides is 1. The Balaban J connectivity index is 1.97. The second kappa shape index (κ2) is 6.44. The third-order valence-electron chi connectivity index (χ3n) is 2.80. The number of nitrogens with one attached hydrogen (secondary N) is 2. The summed E-state index contributed by atoms with van der Waals surface area (Å²) in [6.07, 6.45) is 5.37. The van der Waals surface area contributed by atoms with E-state index in [4.69, 9.17) is 6.42 Å². The van der Waals surface area contributed by atoms with Crippen LogP contribution in [0.15, 0.2) is 48.5 Å². The molecule has 0 saturated carbocycles. The molecule has 3 heteroatoms. The lowest BCUT2D eigenvalue weighted by molar-refractivity contribution is -0.114. The van der Waals surface area contributed by atoms with Gasteiger partial charge in [0, 0.05) is 30.4 Å². The average molecular weight is 264 g/mol. The highest BCUT2D eigenvalue weighted by molar-refractivity contribution is 5.88. The van der Waals surface area contributed by atoms with Crippen LogP contribution >= 0.6 is 0 Å². The Labute approximate surface area is 119 Å². The van der Waals surface area contributed by atoms with Crippen molar-refractivity contribution in [1.29, 1.82) is 0 Å². The molecule has 2 rings (SSSR count). The minimum absolute atomic E-state index is 0.0676. The molecular formula is C17H16N2O. The minimum atomic E-state index is -0.0676. The van der Waals surface area contributed by atoms with Gasteiger partial charge in [-0.2, -0.15) is 0 Å². The summed E-state index contributed by atoms with van der Waals surface area (Å²) in [6.45, 7) is 2.20. The first-order valence-electron chi connectivity index (χ1n) is 6.34. The van der Waals surface area contributed by atoms with Gasteiger partial charge in [-0.15, -0.1) is 6.42 Å². The van der Waals surface area contributed by atoms with Gasteiger partial charge < -0.3 is 10.6 Å². The fraction of sp³-hybridized carbons (Fsp3) is 0.118. The summed E-state index contributed by atoms with van der Waals surface area (Å²) >= 11 is 0. The van der Waals surface area contributed by atoms with E-state index in [-0.39, 0.29) is 5.91 Å². The van der Waals surface area contributed by atoms with Crippen molar-refractivity contribution in [3.63, 3.8) is 0 Å². The summed E-state index contributed by atoms with van der Waals surface area (Å²) in [7, 11) is 0. The molecule has 0 aliphatic heterocycles. The van der Waals surface area contributed by atoms with E-state index in [2.05, 4.69) is 16.6 Å². The zero-order valence-electron chi connectivity index (χ0n) is 11.3. The highest BCUT2D eigenvalue weighted by Crippen LogP contribution is 2.13. The van der Waals surface area contributed by atoms with Crippen molar-refractivity contribution in [1.82, 2.24) is 0 Å². The van der Waals surface area contributed by atoms with E-state index in [1.807, 2.05) is 48.5 Å². The van der Waals surface area contributed by atoms with Crippen LogP contribution in [-0.4, -0.2) is 5.91 Å². The first-order valence-corrected chi connectivity index (χ1v) is 6.34. The standard InChI is InChI=1S/C17H16N2O/c1-3-14-5-4-6-17(11-14)18-12-15-7-9-16(10-8-15)19-13(2)20/h1,4-11,18H,12H2,2H3,(H,19,20). The maximum atomic E-state index is 10.9. The number of hydrogen-bond acceptors (Lipinski definition) is 2. The smallest absolute Gasteiger partial charge is 0.221 e. The zero-order valence-corrected chi connectivity index (χ0v) is 11.3. The monoisotopic (exact) mass is 264 g/mol. The molecule has 0 saturated heterocycles. The van der Waals surface area contributed by atoms with Crippen molar-refractivity contribution in [2.75, 3.05) is 10.6 Å². The Hall–Kier alpha value is -2.73. The van der Waals surface area contributed by atoms with E-state index in [1.165, 1.54) is 6.92 Å². The van der Waals surface area contributed by atoms with Crippen molar-refractivity contribution in [2.45, 2.75) is 13.5 Å². The molecular weight excluding hydrogens is 248 g/mol. The van der Waals surface area contributed by atoms with E-state index in [1.54, 1.807) is 0 Å². The van der Waals surface area contributed by atoms with Crippen LogP contribution in [0.5, 0.6) is 0 Å². The van der Waals surface area contributed by atoms with Crippen LogP contribution in [0.2, 0.25) is 0 Å². The van der Waals surface area contributed by atoms with Gasteiger partial charge in [0.15, 0.2) is 0 Å². The molecule has 2 aromatic carbocycles. The summed E-state index contributed by atoms with van der Waals surface area (Å²) in [6, 6.07) is 15.5. The normalized spacial score (nSPS) is 9.60. The number of terminal acetylenes is 1. The second-order valence-corrected chi connectivity index (χ2v) is 4.46. The molecule has 0 unspecified atom stereocenters. The van der Waals surface area contributed by atoms with Gasteiger partial charge in [0.2, 0.25) is 5.91 Å². The number of benzene rings is 2. The molecule has 0 bridgehead atoms. The minimum Gasteiger partial charge on any atom is -0.381 e. The van der Waals surface area contributed by atoms with Gasteiger partial charge in [0.1, 0.15) is 0 Å². The predicted molar refractivity (Wildman–Crippen MR) is 82.4 cm³/mol. The molecule has 0 aliphatic carbocycles. The summed E-state index contributed by atoms with van der Waals surface area (Å²) in [5.74, 6) is 2.54. The SMILES string of the molecule is C#Cc1cccc(NCc2ccc(NC(C)=O)cc2)c1. The molecule has 3 nitrogen and oxygen atoms in total. The Morgan fingerprint density at radius 2 is 1.90 bits per heavy atom. The lowest BCUT2D eigenvalue weighted by Crippen LogP contribution is -2.06. The summed E-state index contributed by atoms with van der Waals surface area (Å²) in [5.41, 5.74) is 3.78. The lowest BCUT2D eigenvalue weighted by Gasteiger charge is -2.08. The van der Waals surface area contributed by atoms with E-state index in [9.17, 15) is 4.79 Å². The van der Waals surface area contributed by atoms with Gasteiger partial charge in [-0.1, -0.05) is 24.1 Å². The molecule has 1 amide bonds. The first-order chi connectivity index (χ1) is 9.67. The maximum absolute atomic E-state index is 10.9. The maximum Gasteiger partial charge on any atom is 0.221 e. The summed E-state index contributed by atoms with van der Waals surface area (Å²) in [5, 5.41) is 6.05.